The smallest absolute Gasteiger partial charge is 0.00552 e. The first-order valence-corrected chi connectivity index (χ1v) is 5.81. The van der Waals surface area contributed by atoms with Crippen LogP contribution in [0.5, 0.6) is 0 Å². The molecule has 0 amide bonds. The maximum Gasteiger partial charge on any atom is -0.00552 e. The van der Waals surface area contributed by atoms with Crippen LogP contribution < -0.4 is 0 Å². The summed E-state index contributed by atoms with van der Waals surface area (Å²) < 4.78 is 0. The Bertz CT molecular complexity index is 434. The quantitative estimate of drug-likeness (QED) is 0.627. The summed E-state index contributed by atoms with van der Waals surface area (Å²) in [5, 5.41) is 0. The fraction of sp³-hybridized carbons (Fsp3) is 0.467. The van der Waals surface area contributed by atoms with E-state index in [1.54, 1.807) is 16.7 Å². The first-order valence-electron chi connectivity index (χ1n) is 5.81. The Balaban J connectivity index is 2.69. The van der Waals surface area contributed by atoms with Gasteiger partial charge in [-0.05, 0) is 60.9 Å². The molecule has 0 aliphatic heterocycles. The van der Waals surface area contributed by atoms with Crippen LogP contribution in [0, 0.1) is 6.92 Å². The molecule has 1 aromatic carbocycles. The highest BCUT2D eigenvalue weighted by Gasteiger charge is 2.21. The predicted molar refractivity (Wildman–Crippen MR) is 67.2 cm³/mol. The van der Waals surface area contributed by atoms with Gasteiger partial charge in [0.15, 0.2) is 0 Å². The Morgan fingerprint density at radius 2 is 1.73 bits per heavy atom. The number of allylic oxidation sites excluding steroid dienone is 2. The molecule has 0 saturated carbocycles. The molecule has 0 atom stereocenters. The zero-order chi connectivity index (χ0) is 11.2. The highest BCUT2D eigenvalue weighted by Crippen LogP contribution is 2.38. The molecule has 1 aromatic rings. The number of fused-ring (bicyclic) bond motifs is 1. The lowest BCUT2D eigenvalue weighted by Gasteiger charge is -2.15. The van der Waals surface area contributed by atoms with E-state index < -0.39 is 0 Å². The SMILES string of the molecule is CC1=C(C)c2c(C(C)C)ccc(C)c2C1. The summed E-state index contributed by atoms with van der Waals surface area (Å²) in [6.07, 6.45) is 1.16. The normalized spacial score (nSPS) is 15.1. The Hall–Kier alpha value is -1.04. The summed E-state index contributed by atoms with van der Waals surface area (Å²) >= 11 is 0. The fourth-order valence-corrected chi connectivity index (χ4v) is 2.53. The first kappa shape index (κ1) is 10.5. The minimum atomic E-state index is 0.625. The molecule has 0 heteroatoms. The molecular formula is C15H20. The molecule has 0 radical (unpaired) electrons. The van der Waals surface area contributed by atoms with Gasteiger partial charge in [-0.15, -0.1) is 0 Å². The van der Waals surface area contributed by atoms with Gasteiger partial charge in [0.25, 0.3) is 0 Å². The topological polar surface area (TPSA) is 0 Å². The number of hydrogen-bond acceptors (Lipinski definition) is 0. The van der Waals surface area contributed by atoms with Crippen molar-refractivity contribution in [1.82, 2.24) is 0 Å². The van der Waals surface area contributed by atoms with E-state index in [0.717, 1.165) is 6.42 Å². The van der Waals surface area contributed by atoms with E-state index >= 15 is 0 Å². The Kier molecular flexibility index (Phi) is 2.46. The van der Waals surface area contributed by atoms with Crippen LogP contribution in [0.3, 0.4) is 0 Å². The second-order valence-electron chi connectivity index (χ2n) is 5.06. The van der Waals surface area contributed by atoms with Crippen LogP contribution in [0.4, 0.5) is 0 Å². The molecule has 0 bridgehead atoms. The highest BCUT2D eigenvalue weighted by molar-refractivity contribution is 5.78. The molecule has 0 N–H and O–H groups in total. The van der Waals surface area contributed by atoms with Crippen molar-refractivity contribution in [2.24, 2.45) is 0 Å². The van der Waals surface area contributed by atoms with E-state index in [0.29, 0.717) is 5.92 Å². The van der Waals surface area contributed by atoms with Gasteiger partial charge in [0, 0.05) is 0 Å². The Labute approximate surface area is 93.0 Å². The third-order valence-corrected chi connectivity index (χ3v) is 3.66. The van der Waals surface area contributed by atoms with Gasteiger partial charge in [0.2, 0.25) is 0 Å². The summed E-state index contributed by atoms with van der Waals surface area (Å²) in [4.78, 5) is 0. The summed E-state index contributed by atoms with van der Waals surface area (Å²) in [7, 11) is 0. The molecule has 0 heterocycles. The monoisotopic (exact) mass is 200 g/mol. The van der Waals surface area contributed by atoms with Gasteiger partial charge in [-0.1, -0.05) is 31.6 Å². The molecule has 0 nitrogen and oxygen atoms in total. The Morgan fingerprint density at radius 3 is 2.33 bits per heavy atom. The summed E-state index contributed by atoms with van der Waals surface area (Å²) in [5.41, 5.74) is 9.13. The van der Waals surface area contributed by atoms with Crippen LogP contribution in [-0.2, 0) is 6.42 Å². The van der Waals surface area contributed by atoms with Crippen molar-refractivity contribution in [1.29, 1.82) is 0 Å². The largest absolute Gasteiger partial charge is 0.0654 e. The van der Waals surface area contributed by atoms with Crippen LogP contribution in [0.2, 0.25) is 0 Å². The lowest BCUT2D eigenvalue weighted by atomic mass is 9.90. The molecule has 2 rings (SSSR count). The van der Waals surface area contributed by atoms with Crippen molar-refractivity contribution >= 4 is 5.57 Å². The third kappa shape index (κ3) is 1.52. The minimum absolute atomic E-state index is 0.625. The van der Waals surface area contributed by atoms with Crippen LogP contribution in [0.1, 0.15) is 55.9 Å². The van der Waals surface area contributed by atoms with E-state index in [2.05, 4.69) is 46.8 Å². The number of aryl methyl sites for hydroxylation is 1. The van der Waals surface area contributed by atoms with Crippen LogP contribution in [-0.4, -0.2) is 0 Å². The van der Waals surface area contributed by atoms with Gasteiger partial charge in [0.05, 0.1) is 0 Å². The van der Waals surface area contributed by atoms with Crippen molar-refractivity contribution in [2.45, 2.75) is 47.0 Å². The van der Waals surface area contributed by atoms with Gasteiger partial charge in [0.1, 0.15) is 0 Å². The molecule has 0 aromatic heterocycles. The average Bonchev–Trinajstić information content (AvgIpc) is 2.46. The van der Waals surface area contributed by atoms with Gasteiger partial charge >= 0.3 is 0 Å². The molecule has 80 valence electrons. The third-order valence-electron chi connectivity index (χ3n) is 3.66. The molecule has 0 saturated heterocycles. The van der Waals surface area contributed by atoms with E-state index in [-0.39, 0.29) is 0 Å². The van der Waals surface area contributed by atoms with Gasteiger partial charge in [-0.2, -0.15) is 0 Å². The maximum atomic E-state index is 2.31. The average molecular weight is 200 g/mol. The lowest BCUT2D eigenvalue weighted by molar-refractivity contribution is 0.859. The lowest BCUT2D eigenvalue weighted by Crippen LogP contribution is -1.98. The zero-order valence-electron chi connectivity index (χ0n) is 10.4. The van der Waals surface area contributed by atoms with Gasteiger partial charge in [-0.25, -0.2) is 0 Å². The van der Waals surface area contributed by atoms with E-state index in [1.807, 2.05) is 0 Å². The Morgan fingerprint density at radius 1 is 1.07 bits per heavy atom. The number of hydrogen-bond donors (Lipinski definition) is 0. The molecule has 1 aliphatic carbocycles. The van der Waals surface area contributed by atoms with E-state index in [9.17, 15) is 0 Å². The second kappa shape index (κ2) is 3.52. The van der Waals surface area contributed by atoms with Gasteiger partial charge < -0.3 is 0 Å². The van der Waals surface area contributed by atoms with Crippen molar-refractivity contribution in [3.63, 3.8) is 0 Å². The molecule has 0 fully saturated rings. The van der Waals surface area contributed by atoms with Crippen LogP contribution in [0.15, 0.2) is 17.7 Å². The van der Waals surface area contributed by atoms with Crippen molar-refractivity contribution < 1.29 is 0 Å². The minimum Gasteiger partial charge on any atom is -0.0654 e. The van der Waals surface area contributed by atoms with Crippen molar-refractivity contribution in [2.75, 3.05) is 0 Å². The predicted octanol–water partition coefficient (Wildman–Crippen LogP) is 4.47. The summed E-state index contributed by atoms with van der Waals surface area (Å²) in [6.45, 7) is 11.3. The maximum absolute atomic E-state index is 2.31. The standard InChI is InChI=1S/C15H20/c1-9(2)13-7-6-10(3)14-8-11(4)12(5)15(13)14/h6-7,9H,8H2,1-5H3. The van der Waals surface area contributed by atoms with Crippen molar-refractivity contribution in [3.05, 3.63) is 40.0 Å². The number of rotatable bonds is 1. The highest BCUT2D eigenvalue weighted by atomic mass is 14.3. The fourth-order valence-electron chi connectivity index (χ4n) is 2.53. The van der Waals surface area contributed by atoms with Crippen LogP contribution >= 0.6 is 0 Å². The second-order valence-corrected chi connectivity index (χ2v) is 5.06. The summed E-state index contributed by atoms with van der Waals surface area (Å²) in [6, 6.07) is 4.58. The molecule has 15 heavy (non-hydrogen) atoms. The molecular weight excluding hydrogens is 180 g/mol. The van der Waals surface area contributed by atoms with Gasteiger partial charge in [-0.3, -0.25) is 0 Å². The summed E-state index contributed by atoms with van der Waals surface area (Å²) in [5.74, 6) is 0.625. The first-order chi connectivity index (χ1) is 7.02. The molecule has 0 unspecified atom stereocenters. The van der Waals surface area contributed by atoms with E-state index in [4.69, 9.17) is 0 Å². The van der Waals surface area contributed by atoms with E-state index in [1.165, 1.54) is 16.7 Å². The number of benzene rings is 1. The molecule has 1 aliphatic rings. The zero-order valence-corrected chi connectivity index (χ0v) is 10.4. The van der Waals surface area contributed by atoms with Crippen molar-refractivity contribution in [3.8, 4) is 0 Å². The molecule has 0 spiro atoms. The van der Waals surface area contributed by atoms with Crippen LogP contribution in [0.25, 0.3) is 5.57 Å².